The van der Waals surface area contributed by atoms with Gasteiger partial charge >= 0.3 is 0 Å². The molecule has 3 aliphatic carbocycles. The molecule has 1 fully saturated rings. The molecule has 1 nitrogen and oxygen atoms in total. The first-order valence-electron chi connectivity index (χ1n) is 3.58. The molecule has 1 heterocycles. The Morgan fingerprint density at radius 1 is 0.778 bits per heavy atom. The zero-order chi connectivity index (χ0) is 5.84. The Morgan fingerprint density at radius 3 is 1.56 bits per heavy atom. The lowest BCUT2D eigenvalue weighted by atomic mass is 9.82. The summed E-state index contributed by atoms with van der Waals surface area (Å²) in [6.07, 6.45) is 9.30. The highest BCUT2D eigenvalue weighted by Crippen LogP contribution is 2.39. The van der Waals surface area contributed by atoms with Crippen molar-refractivity contribution in [3.8, 4) is 0 Å². The standard InChI is InChI=1S/C8H9N/c1-2-6-4-3-5(1)7-8(6)9-7/h1-9H/t5?,6?,7-,8+. The van der Waals surface area contributed by atoms with Crippen molar-refractivity contribution < 1.29 is 0 Å². The molecular weight excluding hydrogens is 110 g/mol. The first kappa shape index (κ1) is 4.29. The van der Waals surface area contributed by atoms with E-state index in [2.05, 4.69) is 29.6 Å². The van der Waals surface area contributed by atoms with E-state index in [0.29, 0.717) is 0 Å². The van der Waals surface area contributed by atoms with Crippen LogP contribution in [0.5, 0.6) is 0 Å². The number of rotatable bonds is 0. The van der Waals surface area contributed by atoms with Gasteiger partial charge in [-0.1, -0.05) is 24.3 Å². The van der Waals surface area contributed by atoms with Gasteiger partial charge in [0.1, 0.15) is 0 Å². The second-order valence-electron chi connectivity index (χ2n) is 3.14. The summed E-state index contributed by atoms with van der Waals surface area (Å²) in [6.45, 7) is 0. The average Bonchev–Trinajstić information content (AvgIpc) is 2.68. The average molecular weight is 119 g/mol. The molecule has 0 aromatic rings. The van der Waals surface area contributed by atoms with Gasteiger partial charge in [0.05, 0.1) is 0 Å². The smallest absolute Gasteiger partial charge is 0.0331 e. The maximum Gasteiger partial charge on any atom is 0.0331 e. The second kappa shape index (κ2) is 1.14. The molecule has 2 bridgehead atoms. The second-order valence-corrected chi connectivity index (χ2v) is 3.14. The summed E-state index contributed by atoms with van der Waals surface area (Å²) in [7, 11) is 0. The van der Waals surface area contributed by atoms with Gasteiger partial charge in [-0.05, 0) is 0 Å². The SMILES string of the molecule is C1=CC2C=CC1[C@H]1N[C@@H]21. The highest BCUT2D eigenvalue weighted by molar-refractivity contribution is 5.32. The molecule has 0 aromatic carbocycles. The molecule has 0 spiro atoms. The quantitative estimate of drug-likeness (QED) is 0.368. The van der Waals surface area contributed by atoms with Crippen LogP contribution in [0.15, 0.2) is 24.3 Å². The van der Waals surface area contributed by atoms with Crippen LogP contribution in [0.3, 0.4) is 0 Å². The normalized spacial score (nSPS) is 57.8. The molecule has 2 atom stereocenters. The largest absolute Gasteiger partial charge is 0.306 e. The van der Waals surface area contributed by atoms with Crippen molar-refractivity contribution in [2.75, 3.05) is 0 Å². The molecule has 0 unspecified atom stereocenters. The molecule has 1 saturated heterocycles. The minimum absolute atomic E-state index is 0.722. The molecule has 0 aromatic heterocycles. The summed E-state index contributed by atoms with van der Waals surface area (Å²) in [5.41, 5.74) is 0. The summed E-state index contributed by atoms with van der Waals surface area (Å²) in [5, 5.41) is 3.47. The van der Waals surface area contributed by atoms with Crippen molar-refractivity contribution in [1.29, 1.82) is 0 Å². The van der Waals surface area contributed by atoms with Gasteiger partial charge in [0.25, 0.3) is 0 Å². The first-order valence-corrected chi connectivity index (χ1v) is 3.58. The molecule has 4 rings (SSSR count). The van der Waals surface area contributed by atoms with E-state index in [1.165, 1.54) is 0 Å². The van der Waals surface area contributed by atoms with Crippen LogP contribution in [0.1, 0.15) is 0 Å². The van der Waals surface area contributed by atoms with E-state index in [9.17, 15) is 0 Å². The van der Waals surface area contributed by atoms with Crippen LogP contribution in [0, 0.1) is 11.8 Å². The Balaban J connectivity index is 2.13. The zero-order valence-corrected chi connectivity index (χ0v) is 5.12. The Morgan fingerprint density at radius 2 is 1.22 bits per heavy atom. The number of nitrogens with one attached hydrogen (secondary N) is 1. The predicted octanol–water partition coefficient (Wildman–Crippen LogP) is 0.699. The van der Waals surface area contributed by atoms with Gasteiger partial charge in [0.15, 0.2) is 0 Å². The lowest BCUT2D eigenvalue weighted by Crippen LogP contribution is -2.21. The fraction of sp³-hybridized carbons (Fsp3) is 0.500. The van der Waals surface area contributed by atoms with Crippen molar-refractivity contribution in [3.05, 3.63) is 24.3 Å². The lowest BCUT2D eigenvalue weighted by Gasteiger charge is -2.20. The fourth-order valence-corrected chi connectivity index (χ4v) is 1.99. The van der Waals surface area contributed by atoms with Crippen LogP contribution in [0.4, 0.5) is 0 Å². The van der Waals surface area contributed by atoms with Gasteiger partial charge in [-0.3, -0.25) is 0 Å². The summed E-state index contributed by atoms with van der Waals surface area (Å²) >= 11 is 0. The minimum Gasteiger partial charge on any atom is -0.306 e. The third-order valence-corrected chi connectivity index (χ3v) is 2.60. The van der Waals surface area contributed by atoms with Crippen molar-refractivity contribution in [3.63, 3.8) is 0 Å². The van der Waals surface area contributed by atoms with Gasteiger partial charge in [-0.15, -0.1) is 0 Å². The Kier molecular flexibility index (Phi) is 0.544. The molecule has 46 valence electrons. The van der Waals surface area contributed by atoms with Gasteiger partial charge in [-0.2, -0.15) is 0 Å². The predicted molar refractivity (Wildman–Crippen MR) is 36.0 cm³/mol. The van der Waals surface area contributed by atoms with Crippen LogP contribution in [0.2, 0.25) is 0 Å². The van der Waals surface area contributed by atoms with E-state index >= 15 is 0 Å². The van der Waals surface area contributed by atoms with Crippen molar-refractivity contribution >= 4 is 0 Å². The Labute approximate surface area is 54.4 Å². The van der Waals surface area contributed by atoms with Crippen LogP contribution >= 0.6 is 0 Å². The lowest BCUT2D eigenvalue weighted by molar-refractivity contribution is 0.620. The van der Waals surface area contributed by atoms with Crippen molar-refractivity contribution in [1.82, 2.24) is 5.32 Å². The Hall–Kier alpha value is -0.560. The van der Waals surface area contributed by atoms with Gasteiger partial charge in [-0.25, -0.2) is 0 Å². The van der Waals surface area contributed by atoms with E-state index in [1.807, 2.05) is 0 Å². The van der Waals surface area contributed by atoms with E-state index in [4.69, 9.17) is 0 Å². The molecule has 0 saturated carbocycles. The van der Waals surface area contributed by atoms with Crippen LogP contribution in [0.25, 0.3) is 0 Å². The van der Waals surface area contributed by atoms with Crippen LogP contribution in [-0.2, 0) is 0 Å². The van der Waals surface area contributed by atoms with E-state index < -0.39 is 0 Å². The first-order chi connectivity index (χ1) is 4.45. The fourth-order valence-electron chi connectivity index (χ4n) is 1.99. The third-order valence-electron chi connectivity index (χ3n) is 2.60. The molecule has 4 aliphatic rings. The van der Waals surface area contributed by atoms with Crippen LogP contribution in [-0.4, -0.2) is 12.1 Å². The Bertz CT molecular complexity index is 171. The maximum atomic E-state index is 3.47. The monoisotopic (exact) mass is 119 g/mol. The molecule has 1 heteroatoms. The number of hydrogen-bond acceptors (Lipinski definition) is 1. The van der Waals surface area contributed by atoms with E-state index in [1.54, 1.807) is 0 Å². The highest BCUT2D eigenvalue weighted by atomic mass is 15.2. The zero-order valence-electron chi connectivity index (χ0n) is 5.12. The van der Waals surface area contributed by atoms with Crippen molar-refractivity contribution in [2.24, 2.45) is 11.8 Å². The van der Waals surface area contributed by atoms with E-state index in [0.717, 1.165) is 23.9 Å². The topological polar surface area (TPSA) is 21.9 Å². The summed E-state index contributed by atoms with van der Waals surface area (Å²) in [6, 6.07) is 1.62. The molecule has 1 aliphatic heterocycles. The molecule has 9 heavy (non-hydrogen) atoms. The minimum atomic E-state index is 0.722. The third kappa shape index (κ3) is 0.401. The van der Waals surface area contributed by atoms with Crippen molar-refractivity contribution in [2.45, 2.75) is 12.1 Å². The maximum absolute atomic E-state index is 3.47. The van der Waals surface area contributed by atoms with Gasteiger partial charge in [0.2, 0.25) is 0 Å². The number of hydrogen-bond donors (Lipinski definition) is 1. The molecule has 1 N–H and O–H groups in total. The summed E-state index contributed by atoms with van der Waals surface area (Å²) in [4.78, 5) is 0. The highest BCUT2D eigenvalue weighted by Gasteiger charge is 2.48. The summed E-state index contributed by atoms with van der Waals surface area (Å²) in [5.74, 6) is 1.44. The van der Waals surface area contributed by atoms with E-state index in [-0.39, 0.29) is 0 Å². The van der Waals surface area contributed by atoms with Gasteiger partial charge < -0.3 is 5.32 Å². The molecule has 0 amide bonds. The molecular formula is C8H9N. The van der Waals surface area contributed by atoms with Gasteiger partial charge in [0, 0.05) is 23.9 Å². The van der Waals surface area contributed by atoms with Crippen LogP contribution < -0.4 is 5.32 Å². The summed E-state index contributed by atoms with van der Waals surface area (Å²) < 4.78 is 0. The molecule has 0 radical (unpaired) electrons.